The number of hydrogen-bond acceptors (Lipinski definition) is 1. The minimum atomic E-state index is -0.453. The van der Waals surface area contributed by atoms with Gasteiger partial charge < -0.3 is 4.90 Å². The first-order valence-corrected chi connectivity index (χ1v) is 21.9. The van der Waals surface area contributed by atoms with Crippen molar-refractivity contribution < 1.29 is 0 Å². The molecule has 4 fully saturated rings. The summed E-state index contributed by atoms with van der Waals surface area (Å²) in [7, 11) is 0. The third-order valence-electron chi connectivity index (χ3n) is 16.4. The van der Waals surface area contributed by atoms with Crippen molar-refractivity contribution in [3.8, 4) is 22.3 Å². The predicted molar refractivity (Wildman–Crippen MR) is 239 cm³/mol. The van der Waals surface area contributed by atoms with Crippen molar-refractivity contribution in [3.05, 3.63) is 207 Å². The lowest BCUT2D eigenvalue weighted by Crippen LogP contribution is -2.41. The molecule has 0 N–H and O–H groups in total. The molecule has 4 saturated carbocycles. The number of fused-ring (bicyclic) bond motifs is 12. The summed E-state index contributed by atoms with van der Waals surface area (Å²) in [6.45, 7) is 9.40. The number of para-hydroxylation sites is 1. The van der Waals surface area contributed by atoms with Gasteiger partial charge in [0.1, 0.15) is 0 Å². The summed E-state index contributed by atoms with van der Waals surface area (Å²) in [4.78, 5) is 2.69. The second kappa shape index (κ2) is 11.3. The molecular formula is C57H49N. The van der Waals surface area contributed by atoms with Crippen LogP contribution < -0.4 is 4.90 Å². The second-order valence-electron chi connectivity index (χ2n) is 19.4. The minimum absolute atomic E-state index is 0.0485. The predicted octanol–water partition coefficient (Wildman–Crippen LogP) is 14.1. The highest BCUT2D eigenvalue weighted by Crippen LogP contribution is 2.74. The van der Waals surface area contributed by atoms with E-state index >= 15 is 0 Å². The van der Waals surface area contributed by atoms with Crippen LogP contribution in [-0.4, -0.2) is 0 Å². The molecule has 7 aromatic carbocycles. The summed E-state index contributed by atoms with van der Waals surface area (Å²) >= 11 is 0. The maximum atomic E-state index is 2.69. The molecule has 0 amide bonds. The Morgan fingerprint density at radius 1 is 0.483 bits per heavy atom. The van der Waals surface area contributed by atoms with Crippen molar-refractivity contribution in [1.82, 2.24) is 0 Å². The van der Waals surface area contributed by atoms with Crippen molar-refractivity contribution >= 4 is 17.1 Å². The molecule has 7 aliphatic rings. The Balaban J connectivity index is 1.14. The smallest absolute Gasteiger partial charge is 0.0720 e. The molecule has 58 heavy (non-hydrogen) atoms. The molecule has 2 spiro atoms. The van der Waals surface area contributed by atoms with Gasteiger partial charge in [-0.2, -0.15) is 0 Å². The Morgan fingerprint density at radius 2 is 1.10 bits per heavy atom. The van der Waals surface area contributed by atoms with E-state index in [1.165, 1.54) is 110 Å². The van der Waals surface area contributed by atoms with Crippen molar-refractivity contribution in [2.75, 3.05) is 4.90 Å². The fourth-order valence-electron chi connectivity index (χ4n) is 14.6. The summed E-state index contributed by atoms with van der Waals surface area (Å²) < 4.78 is 0. The topological polar surface area (TPSA) is 3.24 Å². The maximum Gasteiger partial charge on any atom is 0.0720 e. The second-order valence-corrected chi connectivity index (χ2v) is 19.4. The Kier molecular flexibility index (Phi) is 6.49. The van der Waals surface area contributed by atoms with Crippen molar-refractivity contribution in [2.45, 2.75) is 69.6 Å². The van der Waals surface area contributed by atoms with Crippen LogP contribution in [0.2, 0.25) is 0 Å². The first-order valence-electron chi connectivity index (χ1n) is 21.9. The zero-order valence-corrected chi connectivity index (χ0v) is 34.0. The summed E-state index contributed by atoms with van der Waals surface area (Å²) in [6.07, 6.45) is 5.54. The van der Waals surface area contributed by atoms with E-state index in [4.69, 9.17) is 0 Å². The molecule has 5 atom stereocenters. The Bertz CT molecular complexity index is 2840. The lowest BCUT2D eigenvalue weighted by atomic mass is 9.55. The highest BCUT2D eigenvalue weighted by molar-refractivity contribution is 6.00. The normalized spacial score (nSPS) is 25.0. The molecule has 4 bridgehead atoms. The molecule has 7 aromatic rings. The van der Waals surface area contributed by atoms with Crippen molar-refractivity contribution in [3.63, 3.8) is 0 Å². The van der Waals surface area contributed by atoms with E-state index in [0.29, 0.717) is 11.8 Å². The van der Waals surface area contributed by atoms with Crippen molar-refractivity contribution in [2.24, 2.45) is 23.7 Å². The van der Waals surface area contributed by atoms with Crippen LogP contribution >= 0.6 is 0 Å². The number of rotatable bonds is 3. The standard InChI is InChI=1S/C57H49N/c1-34-24-26-45-49(28-34)55(3,4)50-29-35(2)25-27-46(50)57(45)44-20-11-9-17-42(44)53-47(57)21-13-22-51(53)58(39-14-6-5-7-15-39)52-23-12-18-41-40-16-8-10-19-43(40)56(54(41)52)38-31-36-30-37(33-38)48(56)32-36/h5-29,36-38,48H,30-33H2,1-4H3. The highest BCUT2D eigenvalue weighted by atomic mass is 15.2. The number of nitrogens with zero attached hydrogens (tertiary/aromatic N) is 1. The van der Waals surface area contributed by atoms with Gasteiger partial charge in [-0.05, 0) is 149 Å². The summed E-state index contributed by atoms with van der Waals surface area (Å²) in [5.74, 6) is 3.12. The van der Waals surface area contributed by atoms with E-state index in [0.717, 1.165) is 11.8 Å². The molecule has 0 heterocycles. The van der Waals surface area contributed by atoms with Gasteiger partial charge in [0.05, 0.1) is 16.8 Å². The van der Waals surface area contributed by atoms with Crippen LogP contribution in [0.5, 0.6) is 0 Å². The average molecular weight is 748 g/mol. The lowest BCUT2D eigenvalue weighted by Gasteiger charge is -2.47. The number of benzene rings is 7. The van der Waals surface area contributed by atoms with E-state index in [1.54, 1.807) is 11.1 Å². The van der Waals surface area contributed by atoms with E-state index in [1.807, 2.05) is 0 Å². The number of aryl methyl sites for hydroxylation is 2. The van der Waals surface area contributed by atoms with Crippen LogP contribution in [0.1, 0.15) is 95.2 Å². The molecule has 0 aliphatic heterocycles. The van der Waals surface area contributed by atoms with Gasteiger partial charge in [0.25, 0.3) is 0 Å². The Labute approximate surface area is 343 Å². The molecule has 0 aromatic heterocycles. The molecule has 0 radical (unpaired) electrons. The van der Waals surface area contributed by atoms with Crippen LogP contribution in [0, 0.1) is 37.5 Å². The van der Waals surface area contributed by atoms with Gasteiger partial charge in [-0.25, -0.2) is 0 Å². The van der Waals surface area contributed by atoms with Crippen LogP contribution in [0.4, 0.5) is 17.1 Å². The molecule has 14 rings (SSSR count). The molecular weight excluding hydrogens is 699 g/mol. The Hall–Kier alpha value is -5.66. The van der Waals surface area contributed by atoms with Crippen LogP contribution in [0.3, 0.4) is 0 Å². The molecule has 1 nitrogen and oxygen atoms in total. The van der Waals surface area contributed by atoms with Gasteiger partial charge in [-0.1, -0.05) is 152 Å². The number of hydrogen-bond donors (Lipinski definition) is 0. The first kappa shape index (κ1) is 33.3. The zero-order chi connectivity index (χ0) is 38.7. The third-order valence-corrected chi connectivity index (χ3v) is 16.4. The van der Waals surface area contributed by atoms with Gasteiger partial charge >= 0.3 is 0 Å². The fraction of sp³-hybridized carbons (Fsp3) is 0.263. The van der Waals surface area contributed by atoms with Gasteiger partial charge in [-0.15, -0.1) is 0 Å². The first-order chi connectivity index (χ1) is 28.3. The van der Waals surface area contributed by atoms with E-state index in [-0.39, 0.29) is 10.8 Å². The number of anilines is 3. The quantitative estimate of drug-likeness (QED) is 0.174. The average Bonchev–Trinajstić information content (AvgIpc) is 3.89. The largest absolute Gasteiger partial charge is 0.310 e. The fourth-order valence-corrected chi connectivity index (χ4v) is 14.6. The van der Waals surface area contributed by atoms with Gasteiger partial charge in [0, 0.05) is 22.1 Å². The maximum absolute atomic E-state index is 2.69. The Morgan fingerprint density at radius 3 is 1.84 bits per heavy atom. The van der Waals surface area contributed by atoms with Crippen molar-refractivity contribution in [1.29, 1.82) is 0 Å². The summed E-state index contributed by atoms with van der Waals surface area (Å²) in [5, 5.41) is 0. The van der Waals surface area contributed by atoms with Crippen LogP contribution in [0.15, 0.2) is 152 Å². The molecule has 282 valence electrons. The monoisotopic (exact) mass is 747 g/mol. The highest BCUT2D eigenvalue weighted by Gasteiger charge is 2.67. The minimum Gasteiger partial charge on any atom is -0.310 e. The summed E-state index contributed by atoms with van der Waals surface area (Å²) in [5.41, 5.74) is 23.2. The zero-order valence-electron chi connectivity index (χ0n) is 34.0. The van der Waals surface area contributed by atoms with E-state index < -0.39 is 5.41 Å². The van der Waals surface area contributed by atoms with Gasteiger partial charge in [0.15, 0.2) is 0 Å². The van der Waals surface area contributed by atoms with Crippen LogP contribution in [-0.2, 0) is 16.2 Å². The molecule has 7 aliphatic carbocycles. The van der Waals surface area contributed by atoms with E-state index in [9.17, 15) is 0 Å². The van der Waals surface area contributed by atoms with E-state index in [2.05, 4.69) is 184 Å². The van der Waals surface area contributed by atoms with Gasteiger partial charge in [0.2, 0.25) is 0 Å². The third kappa shape index (κ3) is 3.85. The lowest BCUT2D eigenvalue weighted by molar-refractivity contribution is 0.191. The molecule has 1 heteroatoms. The summed E-state index contributed by atoms with van der Waals surface area (Å²) in [6, 6.07) is 59.4. The molecule has 0 saturated heterocycles. The molecule has 5 unspecified atom stereocenters. The van der Waals surface area contributed by atoms with Crippen LogP contribution in [0.25, 0.3) is 22.3 Å². The SMILES string of the molecule is Cc1ccc2c(c1)C(C)(C)c1cc(C)ccc1C21c2ccccc2-c2c(N(c3ccccc3)c3cccc4c3C3(c5ccccc5-4)C4CC5CC(C4)C3C5)cccc21. The van der Waals surface area contributed by atoms with Gasteiger partial charge in [-0.3, -0.25) is 0 Å².